The summed E-state index contributed by atoms with van der Waals surface area (Å²) in [6.45, 7) is 15.6. The van der Waals surface area contributed by atoms with E-state index in [0.29, 0.717) is 6.04 Å². The van der Waals surface area contributed by atoms with Crippen LogP contribution in [0, 0.1) is 0 Å². The molecule has 1 saturated heterocycles. The molecule has 0 amide bonds. The van der Waals surface area contributed by atoms with Gasteiger partial charge in [-0.15, -0.1) is 0 Å². The zero-order valence-corrected chi connectivity index (χ0v) is 16.0. The van der Waals surface area contributed by atoms with E-state index < -0.39 is 0 Å². The Hall–Kier alpha value is -1.02. The van der Waals surface area contributed by atoms with Crippen molar-refractivity contribution in [3.63, 3.8) is 0 Å². The molecule has 0 unspecified atom stereocenters. The summed E-state index contributed by atoms with van der Waals surface area (Å²) < 4.78 is 6.19. The first-order valence-electron chi connectivity index (χ1n) is 9.19. The molecule has 0 saturated carbocycles. The molecule has 1 aromatic rings. The number of ether oxygens (including phenoxy) is 1. The lowest BCUT2D eigenvalue weighted by Gasteiger charge is -2.28. The largest absolute Gasteiger partial charge is 0.493 e. The normalized spacial score (nSPS) is 19.7. The van der Waals surface area contributed by atoms with Gasteiger partial charge in [0.25, 0.3) is 0 Å². The Morgan fingerprint density at radius 1 is 1.04 bits per heavy atom. The second-order valence-corrected chi connectivity index (χ2v) is 8.99. The molecule has 0 bridgehead atoms. The summed E-state index contributed by atoms with van der Waals surface area (Å²) in [5.41, 5.74) is 2.97. The molecule has 1 atom stereocenters. The van der Waals surface area contributed by atoms with E-state index in [1.165, 1.54) is 30.4 Å². The number of rotatable bonds is 4. The molecule has 0 aliphatic carbocycles. The highest BCUT2D eigenvalue weighted by atomic mass is 16.5. The first-order chi connectivity index (χ1) is 10.7. The van der Waals surface area contributed by atoms with E-state index in [9.17, 15) is 0 Å². The molecule has 23 heavy (non-hydrogen) atoms. The van der Waals surface area contributed by atoms with E-state index in [0.717, 1.165) is 25.3 Å². The third-order valence-corrected chi connectivity index (χ3v) is 4.79. The highest BCUT2D eigenvalue weighted by Crippen LogP contribution is 2.35. The fourth-order valence-electron chi connectivity index (χ4n) is 3.19. The van der Waals surface area contributed by atoms with Gasteiger partial charge in [-0.25, -0.2) is 0 Å². The van der Waals surface area contributed by atoms with Crippen LogP contribution in [0.5, 0.6) is 5.75 Å². The fraction of sp³-hybridized carbons (Fsp3) is 0.714. The van der Waals surface area contributed by atoms with E-state index in [1.54, 1.807) is 0 Å². The van der Waals surface area contributed by atoms with Gasteiger partial charge >= 0.3 is 0 Å². The molecule has 1 fully saturated rings. The molecule has 2 heteroatoms. The van der Waals surface area contributed by atoms with Gasteiger partial charge < -0.3 is 10.1 Å². The van der Waals surface area contributed by atoms with Crippen LogP contribution in [-0.2, 0) is 10.8 Å². The van der Waals surface area contributed by atoms with Crippen molar-refractivity contribution in [3.8, 4) is 5.75 Å². The smallest absolute Gasteiger partial charge is 0.123 e. The van der Waals surface area contributed by atoms with Gasteiger partial charge in [-0.3, -0.25) is 0 Å². The Morgan fingerprint density at radius 2 is 1.78 bits per heavy atom. The lowest BCUT2D eigenvalue weighted by atomic mass is 9.80. The molecule has 2 nitrogen and oxygen atoms in total. The van der Waals surface area contributed by atoms with Crippen LogP contribution < -0.4 is 10.1 Å². The summed E-state index contributed by atoms with van der Waals surface area (Å²) in [4.78, 5) is 0. The molecular weight excluding hydrogens is 282 g/mol. The first-order valence-corrected chi connectivity index (χ1v) is 9.19. The second-order valence-electron chi connectivity index (χ2n) is 8.99. The highest BCUT2D eigenvalue weighted by molar-refractivity contribution is 5.43. The zero-order chi connectivity index (χ0) is 17.1. The number of hydrogen-bond donors (Lipinski definition) is 1. The summed E-state index contributed by atoms with van der Waals surface area (Å²) in [6, 6.07) is 7.38. The molecule has 0 radical (unpaired) electrons. The van der Waals surface area contributed by atoms with Gasteiger partial charge in [-0.1, -0.05) is 60.1 Å². The van der Waals surface area contributed by atoms with Gasteiger partial charge in [-0.05, 0) is 53.8 Å². The summed E-state index contributed by atoms with van der Waals surface area (Å²) in [5, 5.41) is 3.60. The van der Waals surface area contributed by atoms with Crippen LogP contribution in [0.1, 0.15) is 78.4 Å². The van der Waals surface area contributed by atoms with Crippen molar-refractivity contribution in [2.75, 3.05) is 13.2 Å². The van der Waals surface area contributed by atoms with Crippen LogP contribution in [0.4, 0.5) is 0 Å². The van der Waals surface area contributed by atoms with Crippen LogP contribution in [-0.4, -0.2) is 19.2 Å². The maximum Gasteiger partial charge on any atom is 0.123 e. The number of benzene rings is 1. The SMILES string of the molecule is CC(C)(C)c1ccc(OCC[C@H]2CCCCN2)c(C(C)(C)C)c1. The van der Waals surface area contributed by atoms with E-state index >= 15 is 0 Å². The molecule has 1 N–H and O–H groups in total. The molecular formula is C21H35NO. The zero-order valence-electron chi connectivity index (χ0n) is 16.0. The minimum absolute atomic E-state index is 0.0969. The van der Waals surface area contributed by atoms with Gasteiger partial charge in [-0.2, -0.15) is 0 Å². The molecule has 1 aliphatic heterocycles. The molecule has 1 aromatic carbocycles. The minimum Gasteiger partial charge on any atom is -0.493 e. The summed E-state index contributed by atoms with van der Waals surface area (Å²) in [5.74, 6) is 1.06. The van der Waals surface area contributed by atoms with E-state index in [1.807, 2.05) is 0 Å². The third kappa shape index (κ3) is 5.24. The number of nitrogens with one attached hydrogen (secondary N) is 1. The lowest BCUT2D eigenvalue weighted by molar-refractivity contribution is 0.263. The van der Waals surface area contributed by atoms with Crippen molar-refractivity contribution in [2.45, 2.75) is 84.1 Å². The molecule has 1 aliphatic rings. The Kier molecular flexibility index (Phi) is 5.78. The van der Waals surface area contributed by atoms with Crippen molar-refractivity contribution in [3.05, 3.63) is 29.3 Å². The van der Waals surface area contributed by atoms with E-state index in [4.69, 9.17) is 4.74 Å². The molecule has 0 spiro atoms. The predicted molar refractivity (Wildman–Crippen MR) is 99.6 cm³/mol. The van der Waals surface area contributed by atoms with Gasteiger partial charge in [0.1, 0.15) is 5.75 Å². The van der Waals surface area contributed by atoms with Crippen molar-refractivity contribution < 1.29 is 4.74 Å². The van der Waals surface area contributed by atoms with Gasteiger partial charge in [0.15, 0.2) is 0 Å². The van der Waals surface area contributed by atoms with E-state index in [2.05, 4.69) is 65.1 Å². The van der Waals surface area contributed by atoms with Crippen LogP contribution in [0.15, 0.2) is 18.2 Å². The fourth-order valence-corrected chi connectivity index (χ4v) is 3.19. The maximum atomic E-state index is 6.19. The minimum atomic E-state index is 0.0969. The topological polar surface area (TPSA) is 21.3 Å². The van der Waals surface area contributed by atoms with Crippen LogP contribution >= 0.6 is 0 Å². The van der Waals surface area contributed by atoms with Crippen LogP contribution in [0.2, 0.25) is 0 Å². The monoisotopic (exact) mass is 317 g/mol. The molecule has 130 valence electrons. The second kappa shape index (κ2) is 7.25. The van der Waals surface area contributed by atoms with Crippen LogP contribution in [0.3, 0.4) is 0 Å². The maximum absolute atomic E-state index is 6.19. The Balaban J connectivity index is 2.07. The van der Waals surface area contributed by atoms with Crippen molar-refractivity contribution >= 4 is 0 Å². The Bertz CT molecular complexity index is 502. The quantitative estimate of drug-likeness (QED) is 0.825. The summed E-state index contributed by atoms with van der Waals surface area (Å²) in [7, 11) is 0. The predicted octanol–water partition coefficient (Wildman–Crippen LogP) is 5.19. The number of hydrogen-bond acceptors (Lipinski definition) is 2. The standard InChI is InChI=1S/C21H35NO/c1-20(2,3)16-10-11-19(18(15-16)21(4,5)6)23-14-12-17-9-7-8-13-22-17/h10-11,15,17,22H,7-9,12-14H2,1-6H3/t17-/m1/s1. The van der Waals surface area contributed by atoms with Crippen molar-refractivity contribution in [1.29, 1.82) is 0 Å². The Morgan fingerprint density at radius 3 is 2.35 bits per heavy atom. The lowest BCUT2D eigenvalue weighted by Crippen LogP contribution is -2.35. The average Bonchev–Trinajstić information content (AvgIpc) is 2.46. The Labute approximate surface area is 143 Å². The van der Waals surface area contributed by atoms with Crippen LogP contribution in [0.25, 0.3) is 0 Å². The summed E-state index contributed by atoms with van der Waals surface area (Å²) >= 11 is 0. The number of piperidine rings is 1. The average molecular weight is 318 g/mol. The van der Waals surface area contributed by atoms with Crippen molar-refractivity contribution in [1.82, 2.24) is 5.32 Å². The summed E-state index contributed by atoms with van der Waals surface area (Å²) in [6.07, 6.45) is 5.06. The molecule has 0 aromatic heterocycles. The van der Waals surface area contributed by atoms with Gasteiger partial charge in [0, 0.05) is 6.04 Å². The van der Waals surface area contributed by atoms with Gasteiger partial charge in [0.05, 0.1) is 6.61 Å². The van der Waals surface area contributed by atoms with E-state index in [-0.39, 0.29) is 10.8 Å². The van der Waals surface area contributed by atoms with Crippen molar-refractivity contribution in [2.24, 2.45) is 0 Å². The third-order valence-electron chi connectivity index (χ3n) is 4.79. The highest BCUT2D eigenvalue weighted by Gasteiger charge is 2.23. The molecule has 1 heterocycles. The first kappa shape index (κ1) is 18.3. The molecule has 2 rings (SSSR count). The van der Waals surface area contributed by atoms with Gasteiger partial charge in [0.2, 0.25) is 0 Å².